The fraction of sp³-hybridized carbons (Fsp3) is 0.636. The number of nitrogens with zero attached hydrogens (tertiary/aromatic N) is 2. The van der Waals surface area contributed by atoms with Crippen LogP contribution in [0.5, 0.6) is 0 Å². The lowest BCUT2D eigenvalue weighted by Gasteiger charge is -2.06. The quantitative estimate of drug-likeness (QED) is 0.827. The van der Waals surface area contributed by atoms with Crippen molar-refractivity contribution >= 4 is 5.91 Å². The highest BCUT2D eigenvalue weighted by molar-refractivity contribution is 5.75. The lowest BCUT2D eigenvalue weighted by molar-refractivity contribution is -0.141. The van der Waals surface area contributed by atoms with Gasteiger partial charge >= 0.3 is 6.18 Å². The Bertz CT molecular complexity index is 412. The molecule has 0 aliphatic carbocycles. The van der Waals surface area contributed by atoms with Crippen LogP contribution in [0.3, 0.4) is 0 Å². The van der Waals surface area contributed by atoms with E-state index in [1.165, 1.54) is 4.68 Å². The predicted molar refractivity (Wildman–Crippen MR) is 59.9 cm³/mol. The van der Waals surface area contributed by atoms with E-state index in [0.29, 0.717) is 31.6 Å². The zero-order valence-electron chi connectivity index (χ0n) is 10.3. The van der Waals surface area contributed by atoms with Gasteiger partial charge in [-0.2, -0.15) is 18.3 Å². The number of alkyl halides is 3. The van der Waals surface area contributed by atoms with Crippen LogP contribution in [0.4, 0.5) is 13.2 Å². The lowest BCUT2D eigenvalue weighted by atomic mass is 10.3. The molecular weight excluding hydrogens is 247 g/mol. The number of aromatic nitrogens is 2. The summed E-state index contributed by atoms with van der Waals surface area (Å²) in [6.07, 6.45) is -3.46. The van der Waals surface area contributed by atoms with E-state index in [9.17, 15) is 18.0 Å². The van der Waals surface area contributed by atoms with Gasteiger partial charge in [0.2, 0.25) is 5.91 Å². The van der Waals surface area contributed by atoms with E-state index in [-0.39, 0.29) is 5.91 Å². The van der Waals surface area contributed by atoms with Gasteiger partial charge in [-0.05, 0) is 19.4 Å². The summed E-state index contributed by atoms with van der Waals surface area (Å²) in [7, 11) is 0. The van der Waals surface area contributed by atoms with E-state index in [2.05, 4.69) is 10.4 Å². The highest BCUT2D eigenvalue weighted by atomic mass is 19.4. The molecule has 0 aliphatic rings. The van der Waals surface area contributed by atoms with E-state index in [0.717, 1.165) is 6.07 Å². The molecule has 0 fully saturated rings. The average Bonchev–Trinajstić information content (AvgIpc) is 2.66. The number of rotatable bonds is 5. The summed E-state index contributed by atoms with van der Waals surface area (Å²) in [5.74, 6) is -0.0665. The molecule has 0 atom stereocenters. The smallest absolute Gasteiger partial charge is 0.356 e. The van der Waals surface area contributed by atoms with Crippen LogP contribution in [0.15, 0.2) is 6.07 Å². The molecule has 0 unspecified atom stereocenters. The molecule has 102 valence electrons. The second kappa shape index (κ2) is 5.88. The Labute approximate surface area is 103 Å². The van der Waals surface area contributed by atoms with Gasteiger partial charge in [-0.15, -0.1) is 0 Å². The van der Waals surface area contributed by atoms with Gasteiger partial charge in [-0.1, -0.05) is 6.92 Å². The molecule has 1 heterocycles. The van der Waals surface area contributed by atoms with Crippen LogP contribution in [0.1, 0.15) is 31.2 Å². The molecule has 0 bridgehead atoms. The molecule has 0 aliphatic heterocycles. The first kappa shape index (κ1) is 14.5. The highest BCUT2D eigenvalue weighted by Crippen LogP contribution is 2.28. The number of halogens is 3. The summed E-state index contributed by atoms with van der Waals surface area (Å²) in [5.41, 5.74) is -0.415. The van der Waals surface area contributed by atoms with Crippen molar-refractivity contribution in [2.24, 2.45) is 0 Å². The van der Waals surface area contributed by atoms with Crippen LogP contribution in [-0.2, 0) is 17.5 Å². The lowest BCUT2D eigenvalue weighted by Crippen LogP contribution is -2.24. The van der Waals surface area contributed by atoms with Crippen LogP contribution >= 0.6 is 0 Å². The zero-order chi connectivity index (χ0) is 13.8. The number of carbonyl (C=O) groups is 1. The molecule has 1 amide bonds. The largest absolute Gasteiger partial charge is 0.435 e. The Kier molecular flexibility index (Phi) is 4.75. The van der Waals surface area contributed by atoms with Crippen LogP contribution < -0.4 is 5.32 Å². The maximum absolute atomic E-state index is 12.4. The average molecular weight is 263 g/mol. The minimum atomic E-state index is -4.41. The van der Waals surface area contributed by atoms with Crippen molar-refractivity contribution in [3.63, 3.8) is 0 Å². The number of hydrogen-bond acceptors (Lipinski definition) is 2. The van der Waals surface area contributed by atoms with Gasteiger partial charge < -0.3 is 5.32 Å². The van der Waals surface area contributed by atoms with Gasteiger partial charge in [-0.3, -0.25) is 9.48 Å². The Hall–Kier alpha value is -1.53. The molecule has 1 aromatic rings. The molecule has 0 saturated heterocycles. The summed E-state index contributed by atoms with van der Waals surface area (Å²) in [5, 5.41) is 6.15. The van der Waals surface area contributed by atoms with E-state index >= 15 is 0 Å². The highest BCUT2D eigenvalue weighted by Gasteiger charge is 2.34. The Balaban J connectivity index is 2.48. The molecular formula is C11H16F3N3O. The summed E-state index contributed by atoms with van der Waals surface area (Å²) in [4.78, 5) is 10.9. The van der Waals surface area contributed by atoms with Crippen molar-refractivity contribution in [3.8, 4) is 0 Å². The Morgan fingerprint density at radius 3 is 2.67 bits per heavy atom. The number of aryl methyl sites for hydroxylation is 2. The molecule has 7 heteroatoms. The van der Waals surface area contributed by atoms with Crippen molar-refractivity contribution in [3.05, 3.63) is 17.5 Å². The van der Waals surface area contributed by atoms with Crippen molar-refractivity contribution in [1.29, 1.82) is 0 Å². The first-order valence-corrected chi connectivity index (χ1v) is 5.73. The molecule has 0 aromatic carbocycles. The molecule has 1 N–H and O–H groups in total. The number of hydrogen-bond donors (Lipinski definition) is 1. The molecule has 0 spiro atoms. The molecule has 4 nitrogen and oxygen atoms in total. The predicted octanol–water partition coefficient (Wildman–Crippen LogP) is 2.13. The van der Waals surface area contributed by atoms with Crippen LogP contribution in [0.25, 0.3) is 0 Å². The number of nitrogens with one attached hydrogen (secondary N) is 1. The molecule has 1 aromatic heterocycles. The molecule has 0 radical (unpaired) electrons. The van der Waals surface area contributed by atoms with Gasteiger partial charge in [0.15, 0.2) is 5.69 Å². The van der Waals surface area contributed by atoms with Crippen molar-refractivity contribution < 1.29 is 18.0 Å². The standard InChI is InChI=1S/C11H16F3N3O/c1-3-10(18)15-5-4-6-17-8(2)7-9(16-17)11(12,13)14/h7H,3-6H2,1-2H3,(H,15,18). The molecule has 0 saturated carbocycles. The van der Waals surface area contributed by atoms with E-state index in [1.807, 2.05) is 0 Å². The Morgan fingerprint density at radius 2 is 2.17 bits per heavy atom. The van der Waals surface area contributed by atoms with Crippen LogP contribution in [0, 0.1) is 6.92 Å². The summed E-state index contributed by atoms with van der Waals surface area (Å²) >= 11 is 0. The third kappa shape index (κ3) is 4.05. The van der Waals surface area contributed by atoms with E-state index in [1.54, 1.807) is 13.8 Å². The van der Waals surface area contributed by atoms with Crippen LogP contribution in [0.2, 0.25) is 0 Å². The van der Waals surface area contributed by atoms with Gasteiger partial charge in [0.05, 0.1) is 0 Å². The normalized spacial score (nSPS) is 11.6. The topological polar surface area (TPSA) is 46.9 Å². The fourth-order valence-electron chi connectivity index (χ4n) is 1.46. The summed E-state index contributed by atoms with van der Waals surface area (Å²) in [6.45, 7) is 4.11. The minimum Gasteiger partial charge on any atom is -0.356 e. The maximum atomic E-state index is 12.4. The van der Waals surface area contributed by atoms with E-state index < -0.39 is 11.9 Å². The SMILES string of the molecule is CCC(=O)NCCCn1nc(C(F)(F)F)cc1C. The maximum Gasteiger partial charge on any atom is 0.435 e. The van der Waals surface area contributed by atoms with E-state index in [4.69, 9.17) is 0 Å². The van der Waals surface area contributed by atoms with Crippen LogP contribution in [-0.4, -0.2) is 22.2 Å². The molecule has 18 heavy (non-hydrogen) atoms. The van der Waals surface area contributed by atoms with Gasteiger partial charge in [0, 0.05) is 25.2 Å². The number of carbonyl (C=O) groups excluding carboxylic acids is 1. The summed E-state index contributed by atoms with van der Waals surface area (Å²) in [6, 6.07) is 1.02. The van der Waals surface area contributed by atoms with Crippen molar-refractivity contribution in [2.45, 2.75) is 39.4 Å². The van der Waals surface area contributed by atoms with Gasteiger partial charge in [0.25, 0.3) is 0 Å². The fourth-order valence-corrected chi connectivity index (χ4v) is 1.46. The monoisotopic (exact) mass is 263 g/mol. The zero-order valence-corrected chi connectivity index (χ0v) is 10.3. The van der Waals surface area contributed by atoms with Gasteiger partial charge in [0.1, 0.15) is 0 Å². The summed E-state index contributed by atoms with van der Waals surface area (Å²) < 4.78 is 38.5. The Morgan fingerprint density at radius 1 is 1.50 bits per heavy atom. The minimum absolute atomic E-state index is 0.0665. The van der Waals surface area contributed by atoms with Crippen molar-refractivity contribution in [1.82, 2.24) is 15.1 Å². The second-order valence-electron chi connectivity index (χ2n) is 3.95. The second-order valence-corrected chi connectivity index (χ2v) is 3.95. The molecule has 1 rings (SSSR count). The van der Waals surface area contributed by atoms with Gasteiger partial charge in [-0.25, -0.2) is 0 Å². The third-order valence-corrected chi connectivity index (χ3v) is 2.46. The first-order valence-electron chi connectivity index (χ1n) is 5.73. The first-order chi connectivity index (χ1) is 8.34. The number of amides is 1. The van der Waals surface area contributed by atoms with Crippen molar-refractivity contribution in [2.75, 3.05) is 6.54 Å². The third-order valence-electron chi connectivity index (χ3n) is 2.46.